The molecular formula is C20H20ClN3O. The molecule has 5 heteroatoms. The molecule has 3 rings (SSSR count). The van der Waals surface area contributed by atoms with Crippen molar-refractivity contribution in [3.63, 3.8) is 0 Å². The van der Waals surface area contributed by atoms with Gasteiger partial charge in [-0.1, -0.05) is 53.6 Å². The molecule has 0 aliphatic rings. The first-order chi connectivity index (χ1) is 12.0. The van der Waals surface area contributed by atoms with Crippen LogP contribution >= 0.6 is 11.6 Å². The standard InChI is InChI=1S/C20H20ClN3O/c1-14-9-10-16(15(2)11-14)13-23(3)18-12-22-24(20(25)19(18)21)17-7-5-4-6-8-17/h4-12H,13H2,1-3H3. The van der Waals surface area contributed by atoms with Gasteiger partial charge in [0.1, 0.15) is 5.02 Å². The number of hydrogen-bond acceptors (Lipinski definition) is 3. The maximum Gasteiger partial charge on any atom is 0.292 e. The lowest BCUT2D eigenvalue weighted by Crippen LogP contribution is -2.26. The summed E-state index contributed by atoms with van der Waals surface area (Å²) in [4.78, 5) is 14.5. The Labute approximate surface area is 152 Å². The van der Waals surface area contributed by atoms with Crippen LogP contribution in [0.15, 0.2) is 59.5 Å². The van der Waals surface area contributed by atoms with Gasteiger partial charge in [-0.05, 0) is 37.1 Å². The minimum Gasteiger partial charge on any atom is -0.368 e. The fraction of sp³-hybridized carbons (Fsp3) is 0.200. The molecular weight excluding hydrogens is 334 g/mol. The Balaban J connectivity index is 1.92. The second-order valence-electron chi connectivity index (χ2n) is 6.18. The third-order valence-corrected chi connectivity index (χ3v) is 4.57. The number of hydrogen-bond donors (Lipinski definition) is 0. The van der Waals surface area contributed by atoms with E-state index < -0.39 is 0 Å². The molecule has 0 radical (unpaired) electrons. The summed E-state index contributed by atoms with van der Waals surface area (Å²) in [6.45, 7) is 4.82. The van der Waals surface area contributed by atoms with Crippen LogP contribution in [0.5, 0.6) is 0 Å². The fourth-order valence-corrected chi connectivity index (χ4v) is 3.08. The molecule has 2 aromatic carbocycles. The van der Waals surface area contributed by atoms with E-state index in [1.54, 1.807) is 6.20 Å². The monoisotopic (exact) mass is 353 g/mol. The van der Waals surface area contributed by atoms with E-state index in [1.807, 2.05) is 42.3 Å². The first-order valence-electron chi connectivity index (χ1n) is 8.08. The number of aryl methyl sites for hydroxylation is 2. The highest BCUT2D eigenvalue weighted by Crippen LogP contribution is 2.23. The Morgan fingerprint density at radius 3 is 2.52 bits per heavy atom. The summed E-state index contributed by atoms with van der Waals surface area (Å²) in [6, 6.07) is 15.6. The van der Waals surface area contributed by atoms with Gasteiger partial charge in [0.05, 0.1) is 17.6 Å². The molecule has 128 valence electrons. The van der Waals surface area contributed by atoms with Gasteiger partial charge in [0.15, 0.2) is 0 Å². The van der Waals surface area contributed by atoms with Crippen molar-refractivity contribution >= 4 is 17.3 Å². The van der Waals surface area contributed by atoms with Crippen LogP contribution in [0.3, 0.4) is 0 Å². The third-order valence-electron chi connectivity index (χ3n) is 4.22. The predicted octanol–water partition coefficient (Wildman–Crippen LogP) is 4.14. The molecule has 0 aliphatic heterocycles. The lowest BCUT2D eigenvalue weighted by atomic mass is 10.1. The molecule has 25 heavy (non-hydrogen) atoms. The van der Waals surface area contributed by atoms with Crippen LogP contribution in [-0.4, -0.2) is 16.8 Å². The Hall–Kier alpha value is -2.59. The van der Waals surface area contributed by atoms with E-state index >= 15 is 0 Å². The number of benzene rings is 2. The molecule has 1 aromatic heterocycles. The molecule has 0 aliphatic carbocycles. The second kappa shape index (κ2) is 7.11. The van der Waals surface area contributed by atoms with E-state index in [2.05, 4.69) is 37.1 Å². The molecule has 0 spiro atoms. The normalized spacial score (nSPS) is 10.7. The zero-order chi connectivity index (χ0) is 18.0. The van der Waals surface area contributed by atoms with Crippen molar-refractivity contribution in [1.29, 1.82) is 0 Å². The molecule has 0 fully saturated rings. The fourth-order valence-electron chi connectivity index (χ4n) is 2.81. The topological polar surface area (TPSA) is 38.1 Å². The van der Waals surface area contributed by atoms with Crippen LogP contribution in [-0.2, 0) is 6.54 Å². The number of anilines is 1. The molecule has 0 bridgehead atoms. The average molecular weight is 354 g/mol. The third kappa shape index (κ3) is 3.59. The summed E-state index contributed by atoms with van der Waals surface area (Å²) in [5, 5.41) is 4.46. The summed E-state index contributed by atoms with van der Waals surface area (Å²) >= 11 is 6.36. The lowest BCUT2D eigenvalue weighted by molar-refractivity contribution is 0.794. The van der Waals surface area contributed by atoms with Gasteiger partial charge in [-0.3, -0.25) is 4.79 Å². The SMILES string of the molecule is Cc1ccc(CN(C)c2cnn(-c3ccccc3)c(=O)c2Cl)c(C)c1. The van der Waals surface area contributed by atoms with Crippen LogP contribution in [0.1, 0.15) is 16.7 Å². The first kappa shape index (κ1) is 17.2. The van der Waals surface area contributed by atoms with E-state index in [4.69, 9.17) is 11.6 Å². The van der Waals surface area contributed by atoms with Crippen LogP contribution in [0.2, 0.25) is 5.02 Å². The van der Waals surface area contributed by atoms with Crippen molar-refractivity contribution in [1.82, 2.24) is 9.78 Å². The highest BCUT2D eigenvalue weighted by atomic mass is 35.5. The summed E-state index contributed by atoms with van der Waals surface area (Å²) in [7, 11) is 1.91. The van der Waals surface area contributed by atoms with Crippen LogP contribution < -0.4 is 10.5 Å². The molecule has 0 saturated heterocycles. The smallest absolute Gasteiger partial charge is 0.292 e. The number of para-hydroxylation sites is 1. The van der Waals surface area contributed by atoms with Gasteiger partial charge in [0.2, 0.25) is 0 Å². The van der Waals surface area contributed by atoms with E-state index in [1.165, 1.54) is 21.4 Å². The van der Waals surface area contributed by atoms with Gasteiger partial charge in [0, 0.05) is 13.6 Å². The van der Waals surface area contributed by atoms with Gasteiger partial charge in [-0.2, -0.15) is 9.78 Å². The molecule has 4 nitrogen and oxygen atoms in total. The van der Waals surface area contributed by atoms with E-state index in [0.29, 0.717) is 17.9 Å². The second-order valence-corrected chi connectivity index (χ2v) is 6.56. The summed E-state index contributed by atoms with van der Waals surface area (Å²) in [5.41, 5.74) is 4.63. The molecule has 0 amide bonds. The van der Waals surface area contributed by atoms with Crippen molar-refractivity contribution in [2.75, 3.05) is 11.9 Å². The van der Waals surface area contributed by atoms with Crippen molar-refractivity contribution in [2.24, 2.45) is 0 Å². The zero-order valence-corrected chi connectivity index (χ0v) is 15.3. The number of halogens is 1. The summed E-state index contributed by atoms with van der Waals surface area (Å²) in [6.07, 6.45) is 1.64. The lowest BCUT2D eigenvalue weighted by Gasteiger charge is -2.21. The summed E-state index contributed by atoms with van der Waals surface area (Å²) in [5.74, 6) is 0. The molecule has 0 unspecified atom stereocenters. The van der Waals surface area contributed by atoms with Gasteiger partial charge in [0.25, 0.3) is 5.56 Å². The van der Waals surface area contributed by atoms with Gasteiger partial charge < -0.3 is 4.90 Å². The maximum absolute atomic E-state index is 12.6. The van der Waals surface area contributed by atoms with Crippen LogP contribution in [0, 0.1) is 13.8 Å². The minimum absolute atomic E-state index is 0.172. The molecule has 0 N–H and O–H groups in total. The zero-order valence-electron chi connectivity index (χ0n) is 14.5. The highest BCUT2D eigenvalue weighted by molar-refractivity contribution is 6.33. The van der Waals surface area contributed by atoms with Crippen molar-refractivity contribution < 1.29 is 0 Å². The van der Waals surface area contributed by atoms with Gasteiger partial charge in [-0.25, -0.2) is 0 Å². The first-order valence-corrected chi connectivity index (χ1v) is 8.45. The maximum atomic E-state index is 12.6. The molecule has 3 aromatic rings. The molecule has 1 heterocycles. The van der Waals surface area contributed by atoms with Crippen molar-refractivity contribution in [3.05, 3.63) is 86.8 Å². The minimum atomic E-state index is -0.321. The van der Waals surface area contributed by atoms with E-state index in [-0.39, 0.29) is 10.6 Å². The number of aromatic nitrogens is 2. The highest BCUT2D eigenvalue weighted by Gasteiger charge is 2.14. The van der Waals surface area contributed by atoms with Crippen LogP contribution in [0.4, 0.5) is 5.69 Å². The quantitative estimate of drug-likeness (QED) is 0.707. The number of nitrogens with zero attached hydrogens (tertiary/aromatic N) is 3. The van der Waals surface area contributed by atoms with Gasteiger partial charge >= 0.3 is 0 Å². The number of rotatable bonds is 4. The van der Waals surface area contributed by atoms with E-state index in [9.17, 15) is 4.79 Å². The molecule has 0 atom stereocenters. The summed E-state index contributed by atoms with van der Waals surface area (Å²) < 4.78 is 1.32. The Bertz CT molecular complexity index is 951. The van der Waals surface area contributed by atoms with E-state index in [0.717, 1.165) is 0 Å². The van der Waals surface area contributed by atoms with Gasteiger partial charge in [-0.15, -0.1) is 0 Å². The van der Waals surface area contributed by atoms with Crippen molar-refractivity contribution in [3.8, 4) is 5.69 Å². The van der Waals surface area contributed by atoms with Crippen molar-refractivity contribution in [2.45, 2.75) is 20.4 Å². The predicted molar refractivity (Wildman–Crippen MR) is 103 cm³/mol. The molecule has 0 saturated carbocycles. The average Bonchev–Trinajstić information content (AvgIpc) is 2.60. The largest absolute Gasteiger partial charge is 0.368 e. The Morgan fingerprint density at radius 1 is 1.12 bits per heavy atom. The Morgan fingerprint density at radius 2 is 1.84 bits per heavy atom. The van der Waals surface area contributed by atoms with Crippen LogP contribution in [0.25, 0.3) is 5.69 Å². The Kier molecular flexibility index (Phi) is 4.91.